The van der Waals surface area contributed by atoms with Crippen LogP contribution in [0.25, 0.3) is 0 Å². The second-order valence-corrected chi connectivity index (χ2v) is 11.9. The van der Waals surface area contributed by atoms with Crippen LogP contribution in [-0.2, 0) is 20.6 Å². The van der Waals surface area contributed by atoms with E-state index >= 15 is 0 Å². The van der Waals surface area contributed by atoms with Gasteiger partial charge in [0.05, 0.1) is 12.3 Å². The maximum atomic E-state index is 12.9. The van der Waals surface area contributed by atoms with Crippen molar-refractivity contribution in [2.75, 3.05) is 65.4 Å². The van der Waals surface area contributed by atoms with Gasteiger partial charge in [0.15, 0.2) is 0 Å². The largest absolute Gasteiger partial charge is 0.339 e. The summed E-state index contributed by atoms with van der Waals surface area (Å²) in [5, 5.41) is 0. The van der Waals surface area contributed by atoms with E-state index in [2.05, 4.69) is 9.80 Å². The molecule has 33 heavy (non-hydrogen) atoms. The SMILES string of the molecule is O=C(CN1CCC(CN2CCCCCC2)CC1)N1CCN(S(=O)(=O)Cc2ccccc2)CC1. The number of piperidine rings is 1. The minimum atomic E-state index is -3.35. The summed E-state index contributed by atoms with van der Waals surface area (Å²) in [7, 11) is -3.35. The summed E-state index contributed by atoms with van der Waals surface area (Å²) < 4.78 is 27.0. The maximum Gasteiger partial charge on any atom is 0.236 e. The Bertz CT molecular complexity index is 840. The second kappa shape index (κ2) is 11.8. The van der Waals surface area contributed by atoms with Gasteiger partial charge >= 0.3 is 0 Å². The van der Waals surface area contributed by atoms with Gasteiger partial charge in [0.2, 0.25) is 15.9 Å². The molecule has 0 atom stereocenters. The molecule has 184 valence electrons. The molecule has 1 aromatic rings. The predicted octanol–water partition coefficient (Wildman–Crippen LogP) is 2.25. The van der Waals surface area contributed by atoms with Gasteiger partial charge in [0.1, 0.15) is 0 Å². The third-order valence-electron chi connectivity index (χ3n) is 7.46. The molecule has 0 spiro atoms. The first-order valence-corrected chi connectivity index (χ1v) is 14.3. The quantitative estimate of drug-likeness (QED) is 0.604. The molecule has 0 unspecified atom stereocenters. The highest BCUT2D eigenvalue weighted by atomic mass is 32.2. The van der Waals surface area contributed by atoms with E-state index in [9.17, 15) is 13.2 Å². The van der Waals surface area contributed by atoms with Crippen molar-refractivity contribution in [3.05, 3.63) is 35.9 Å². The number of benzene rings is 1. The second-order valence-electron chi connectivity index (χ2n) is 9.96. The van der Waals surface area contributed by atoms with Gasteiger partial charge in [-0.25, -0.2) is 8.42 Å². The minimum absolute atomic E-state index is 0.0220. The molecule has 3 saturated heterocycles. The summed E-state index contributed by atoms with van der Waals surface area (Å²) in [6.07, 6.45) is 7.79. The fourth-order valence-corrected chi connectivity index (χ4v) is 6.91. The van der Waals surface area contributed by atoms with Crippen molar-refractivity contribution < 1.29 is 13.2 Å². The molecule has 3 aliphatic heterocycles. The lowest BCUT2D eigenvalue weighted by atomic mass is 9.96. The number of nitrogens with zero attached hydrogens (tertiary/aromatic N) is 4. The van der Waals surface area contributed by atoms with E-state index in [0.29, 0.717) is 32.7 Å². The Morgan fingerprint density at radius 1 is 0.788 bits per heavy atom. The Labute approximate surface area is 199 Å². The lowest BCUT2D eigenvalue weighted by molar-refractivity contribution is -0.134. The van der Waals surface area contributed by atoms with Crippen molar-refractivity contribution >= 4 is 15.9 Å². The summed E-state index contributed by atoms with van der Waals surface area (Å²) in [6.45, 7) is 7.94. The lowest BCUT2D eigenvalue weighted by Gasteiger charge is -2.37. The summed E-state index contributed by atoms with van der Waals surface area (Å²) >= 11 is 0. The van der Waals surface area contributed by atoms with Crippen LogP contribution < -0.4 is 0 Å². The fraction of sp³-hybridized carbons (Fsp3) is 0.720. The Kier molecular flexibility index (Phi) is 8.79. The first kappa shape index (κ1) is 24.6. The first-order valence-electron chi connectivity index (χ1n) is 12.7. The molecular formula is C25H40N4O3S. The van der Waals surface area contributed by atoms with E-state index in [0.717, 1.165) is 24.6 Å². The van der Waals surface area contributed by atoms with Gasteiger partial charge in [-0.3, -0.25) is 9.69 Å². The molecule has 0 bridgehead atoms. The minimum Gasteiger partial charge on any atom is -0.339 e. The van der Waals surface area contributed by atoms with Crippen molar-refractivity contribution in [2.45, 2.75) is 44.3 Å². The van der Waals surface area contributed by atoms with Gasteiger partial charge in [0, 0.05) is 32.7 Å². The van der Waals surface area contributed by atoms with Crippen LogP contribution in [0.2, 0.25) is 0 Å². The van der Waals surface area contributed by atoms with E-state index in [4.69, 9.17) is 0 Å². The van der Waals surface area contributed by atoms with Gasteiger partial charge in [0.25, 0.3) is 0 Å². The molecule has 8 heteroatoms. The van der Waals surface area contributed by atoms with Crippen LogP contribution in [0.15, 0.2) is 30.3 Å². The molecule has 0 aliphatic carbocycles. The van der Waals surface area contributed by atoms with Crippen LogP contribution in [0.5, 0.6) is 0 Å². The van der Waals surface area contributed by atoms with Crippen molar-refractivity contribution in [1.29, 1.82) is 0 Å². The number of amides is 1. The molecule has 3 fully saturated rings. The Morgan fingerprint density at radius 3 is 2.06 bits per heavy atom. The third-order valence-corrected chi connectivity index (χ3v) is 9.31. The number of piperazine rings is 1. The highest BCUT2D eigenvalue weighted by Crippen LogP contribution is 2.21. The molecule has 3 aliphatic rings. The molecule has 0 N–H and O–H groups in total. The molecule has 1 amide bonds. The summed E-state index contributed by atoms with van der Waals surface area (Å²) in [5.74, 6) is 0.919. The number of carbonyl (C=O) groups excluding carboxylic acids is 1. The van der Waals surface area contributed by atoms with Crippen LogP contribution in [0.3, 0.4) is 0 Å². The normalized spacial score (nSPS) is 22.8. The molecule has 1 aromatic carbocycles. The van der Waals surface area contributed by atoms with Gasteiger partial charge < -0.3 is 9.80 Å². The summed E-state index contributed by atoms with van der Waals surface area (Å²) in [5.41, 5.74) is 0.801. The van der Waals surface area contributed by atoms with E-state index in [-0.39, 0.29) is 11.7 Å². The van der Waals surface area contributed by atoms with Crippen molar-refractivity contribution in [1.82, 2.24) is 19.0 Å². The number of carbonyl (C=O) groups is 1. The Balaban J connectivity index is 1.17. The average Bonchev–Trinajstić information content (AvgIpc) is 3.09. The van der Waals surface area contributed by atoms with Crippen LogP contribution in [0, 0.1) is 5.92 Å². The van der Waals surface area contributed by atoms with Crippen LogP contribution in [0.4, 0.5) is 0 Å². The zero-order valence-electron chi connectivity index (χ0n) is 19.9. The van der Waals surface area contributed by atoms with E-state index in [1.807, 2.05) is 35.2 Å². The van der Waals surface area contributed by atoms with Crippen LogP contribution in [0.1, 0.15) is 44.1 Å². The number of hydrogen-bond acceptors (Lipinski definition) is 5. The fourth-order valence-electron chi connectivity index (χ4n) is 5.39. The van der Waals surface area contributed by atoms with Gasteiger partial charge in [-0.05, 0) is 63.3 Å². The first-order chi connectivity index (χ1) is 16.0. The summed E-state index contributed by atoms with van der Waals surface area (Å²) in [4.78, 5) is 19.7. The average molecular weight is 477 g/mol. The maximum absolute atomic E-state index is 12.9. The van der Waals surface area contributed by atoms with E-state index < -0.39 is 10.0 Å². The topological polar surface area (TPSA) is 64.2 Å². The third kappa shape index (κ3) is 7.25. The molecule has 0 radical (unpaired) electrons. The molecule has 0 saturated carbocycles. The highest BCUT2D eigenvalue weighted by molar-refractivity contribution is 7.88. The van der Waals surface area contributed by atoms with E-state index in [1.54, 1.807) is 0 Å². The molecule has 0 aromatic heterocycles. The van der Waals surface area contributed by atoms with Crippen molar-refractivity contribution in [3.8, 4) is 0 Å². The highest BCUT2D eigenvalue weighted by Gasteiger charge is 2.30. The number of sulfonamides is 1. The van der Waals surface area contributed by atoms with Gasteiger partial charge in [-0.1, -0.05) is 43.2 Å². The zero-order valence-corrected chi connectivity index (χ0v) is 20.7. The van der Waals surface area contributed by atoms with Crippen molar-refractivity contribution in [3.63, 3.8) is 0 Å². The number of likely N-dealkylation sites (tertiary alicyclic amines) is 2. The molecular weight excluding hydrogens is 436 g/mol. The predicted molar refractivity (Wildman–Crippen MR) is 131 cm³/mol. The zero-order chi connectivity index (χ0) is 23.1. The number of hydrogen-bond donors (Lipinski definition) is 0. The van der Waals surface area contributed by atoms with Crippen LogP contribution >= 0.6 is 0 Å². The lowest BCUT2D eigenvalue weighted by Crippen LogP contribution is -2.53. The smallest absolute Gasteiger partial charge is 0.236 e. The number of rotatable bonds is 7. The van der Waals surface area contributed by atoms with Crippen LogP contribution in [-0.4, -0.2) is 98.8 Å². The molecule has 3 heterocycles. The monoisotopic (exact) mass is 476 g/mol. The standard InChI is InChI=1S/C25H40N4O3S/c30-25(21-27-14-10-23(11-15-27)20-26-12-6-1-2-7-13-26)28-16-18-29(19-17-28)33(31,32)22-24-8-4-3-5-9-24/h3-5,8-9,23H,1-2,6-7,10-22H2. The van der Waals surface area contributed by atoms with Gasteiger partial charge in [-0.15, -0.1) is 0 Å². The van der Waals surface area contributed by atoms with E-state index in [1.165, 1.54) is 62.5 Å². The molecule has 4 rings (SSSR count). The van der Waals surface area contributed by atoms with Gasteiger partial charge in [-0.2, -0.15) is 4.31 Å². The van der Waals surface area contributed by atoms with Crippen molar-refractivity contribution in [2.24, 2.45) is 5.92 Å². The Morgan fingerprint density at radius 2 is 1.42 bits per heavy atom. The summed E-state index contributed by atoms with van der Waals surface area (Å²) in [6, 6.07) is 9.29. The molecule has 7 nitrogen and oxygen atoms in total. The Hall–Kier alpha value is -1.48.